The number of rotatable bonds is 4. The van der Waals surface area contributed by atoms with E-state index in [1.807, 2.05) is 0 Å². The summed E-state index contributed by atoms with van der Waals surface area (Å²) < 4.78 is 1.59. The maximum atomic E-state index is 10.7. The second-order valence-electron chi connectivity index (χ2n) is 3.89. The van der Waals surface area contributed by atoms with E-state index in [1.54, 1.807) is 23.5 Å². The maximum Gasteiger partial charge on any atom is 0.283 e. The molecule has 4 nitrogen and oxygen atoms in total. The molecule has 1 aromatic carbocycles. The van der Waals surface area contributed by atoms with Gasteiger partial charge < -0.3 is 5.32 Å². The number of halogens is 2. The molecule has 0 aliphatic heterocycles. The van der Waals surface area contributed by atoms with E-state index < -0.39 is 4.92 Å². The second-order valence-corrected chi connectivity index (χ2v) is 6.94. The Morgan fingerprint density at radius 1 is 1.32 bits per heavy atom. The van der Waals surface area contributed by atoms with Gasteiger partial charge in [-0.25, -0.2) is 0 Å². The minimum atomic E-state index is -0.409. The summed E-state index contributed by atoms with van der Waals surface area (Å²) in [6, 6.07) is 6.99. The first-order valence-electron chi connectivity index (χ1n) is 5.40. The van der Waals surface area contributed by atoms with Crippen LogP contribution in [0.4, 0.5) is 11.4 Å². The topological polar surface area (TPSA) is 55.2 Å². The summed E-state index contributed by atoms with van der Waals surface area (Å²) in [4.78, 5) is 12.7. The standard InChI is InChI=1S/C12H10Br2N2O2S/c1-7-10(13)5-9(19-7)6-15-8-2-3-12(16(17)18)11(14)4-8/h2-5,15H,6H2,1H3. The van der Waals surface area contributed by atoms with Gasteiger partial charge in [0.15, 0.2) is 0 Å². The third-order valence-electron chi connectivity index (χ3n) is 2.52. The van der Waals surface area contributed by atoms with Crippen molar-refractivity contribution in [2.75, 3.05) is 5.32 Å². The summed E-state index contributed by atoms with van der Waals surface area (Å²) in [5.41, 5.74) is 0.917. The summed E-state index contributed by atoms with van der Waals surface area (Å²) in [6.07, 6.45) is 0. The van der Waals surface area contributed by atoms with Gasteiger partial charge in [-0.2, -0.15) is 0 Å². The fourth-order valence-electron chi connectivity index (χ4n) is 1.56. The van der Waals surface area contributed by atoms with Crippen molar-refractivity contribution in [3.8, 4) is 0 Å². The Balaban J connectivity index is 2.08. The average molecular weight is 406 g/mol. The molecule has 100 valence electrons. The zero-order chi connectivity index (χ0) is 14.0. The van der Waals surface area contributed by atoms with Crippen LogP contribution in [0.25, 0.3) is 0 Å². The van der Waals surface area contributed by atoms with E-state index in [0.29, 0.717) is 11.0 Å². The molecule has 0 aliphatic rings. The van der Waals surface area contributed by atoms with Crippen molar-refractivity contribution in [2.24, 2.45) is 0 Å². The quantitative estimate of drug-likeness (QED) is 0.568. The van der Waals surface area contributed by atoms with Crippen molar-refractivity contribution >= 4 is 54.6 Å². The Morgan fingerprint density at radius 3 is 2.58 bits per heavy atom. The van der Waals surface area contributed by atoms with Crippen LogP contribution < -0.4 is 5.32 Å². The molecule has 0 saturated heterocycles. The molecule has 7 heteroatoms. The normalized spacial score (nSPS) is 10.5. The molecule has 0 aliphatic carbocycles. The largest absolute Gasteiger partial charge is 0.380 e. The molecule has 0 amide bonds. The van der Waals surface area contributed by atoms with Gasteiger partial charge in [0.1, 0.15) is 0 Å². The number of benzene rings is 1. The molecule has 19 heavy (non-hydrogen) atoms. The van der Waals surface area contributed by atoms with Gasteiger partial charge in [0.25, 0.3) is 5.69 Å². The van der Waals surface area contributed by atoms with E-state index >= 15 is 0 Å². The van der Waals surface area contributed by atoms with Crippen LogP contribution in [0, 0.1) is 17.0 Å². The molecule has 1 N–H and O–H groups in total. The van der Waals surface area contributed by atoms with E-state index in [9.17, 15) is 10.1 Å². The first kappa shape index (κ1) is 14.5. The lowest BCUT2D eigenvalue weighted by atomic mass is 10.3. The SMILES string of the molecule is Cc1sc(CNc2ccc([N+](=O)[O-])c(Br)c2)cc1Br. The number of nitrogens with zero attached hydrogens (tertiary/aromatic N) is 1. The van der Waals surface area contributed by atoms with Crippen LogP contribution in [0.1, 0.15) is 9.75 Å². The van der Waals surface area contributed by atoms with Crippen molar-refractivity contribution in [1.29, 1.82) is 0 Å². The lowest BCUT2D eigenvalue weighted by Gasteiger charge is -2.05. The molecule has 0 spiro atoms. The number of thiophene rings is 1. The third kappa shape index (κ3) is 3.55. The van der Waals surface area contributed by atoms with Crippen LogP contribution >= 0.6 is 43.2 Å². The molecular weight excluding hydrogens is 396 g/mol. The van der Waals surface area contributed by atoms with Crippen molar-refractivity contribution in [2.45, 2.75) is 13.5 Å². The van der Waals surface area contributed by atoms with Crippen molar-refractivity contribution < 1.29 is 4.92 Å². The van der Waals surface area contributed by atoms with E-state index in [4.69, 9.17) is 0 Å². The number of hydrogen-bond donors (Lipinski definition) is 1. The first-order valence-corrected chi connectivity index (χ1v) is 7.80. The van der Waals surface area contributed by atoms with Gasteiger partial charge in [-0.15, -0.1) is 11.3 Å². The predicted molar refractivity (Wildman–Crippen MR) is 84.9 cm³/mol. The second kappa shape index (κ2) is 6.02. The number of nitrogens with one attached hydrogen (secondary N) is 1. The Labute approximate surface area is 131 Å². The third-order valence-corrected chi connectivity index (χ3v) is 5.29. The Kier molecular flexibility index (Phi) is 4.59. The van der Waals surface area contributed by atoms with E-state index in [-0.39, 0.29) is 5.69 Å². The fraction of sp³-hybridized carbons (Fsp3) is 0.167. The summed E-state index contributed by atoms with van der Waals surface area (Å²) in [6.45, 7) is 2.75. The lowest BCUT2D eigenvalue weighted by Crippen LogP contribution is -1.98. The number of nitro groups is 1. The monoisotopic (exact) mass is 404 g/mol. The van der Waals surface area contributed by atoms with Crippen molar-refractivity contribution in [3.63, 3.8) is 0 Å². The van der Waals surface area contributed by atoms with E-state index in [1.165, 1.54) is 15.8 Å². The number of aryl methyl sites for hydroxylation is 1. The maximum absolute atomic E-state index is 10.7. The van der Waals surface area contributed by atoms with Crippen LogP contribution in [0.2, 0.25) is 0 Å². The van der Waals surface area contributed by atoms with Gasteiger partial charge in [-0.3, -0.25) is 10.1 Å². The summed E-state index contributed by atoms with van der Waals surface area (Å²) >= 11 is 8.40. The molecule has 0 unspecified atom stereocenters. The number of hydrogen-bond acceptors (Lipinski definition) is 4. The van der Waals surface area contributed by atoms with Crippen molar-refractivity contribution in [3.05, 3.63) is 53.1 Å². The Morgan fingerprint density at radius 2 is 2.05 bits per heavy atom. The first-order chi connectivity index (χ1) is 8.97. The van der Waals surface area contributed by atoms with Crippen LogP contribution in [-0.2, 0) is 6.54 Å². The van der Waals surface area contributed by atoms with Crippen LogP contribution in [0.3, 0.4) is 0 Å². The highest BCUT2D eigenvalue weighted by Gasteiger charge is 2.11. The molecule has 0 bridgehead atoms. The molecule has 2 rings (SSSR count). The smallest absolute Gasteiger partial charge is 0.283 e. The highest BCUT2D eigenvalue weighted by molar-refractivity contribution is 9.11. The van der Waals surface area contributed by atoms with E-state index in [2.05, 4.69) is 50.2 Å². The van der Waals surface area contributed by atoms with E-state index in [0.717, 1.165) is 10.2 Å². The number of nitro benzene ring substituents is 1. The zero-order valence-electron chi connectivity index (χ0n) is 9.94. The predicted octanol–water partition coefficient (Wildman–Crippen LogP) is 5.10. The van der Waals surface area contributed by atoms with Gasteiger partial charge in [0.05, 0.1) is 9.40 Å². The van der Waals surface area contributed by atoms with Gasteiger partial charge in [0.2, 0.25) is 0 Å². The van der Waals surface area contributed by atoms with Gasteiger partial charge >= 0.3 is 0 Å². The van der Waals surface area contributed by atoms with Gasteiger partial charge in [-0.05, 0) is 57.0 Å². The number of anilines is 1. The average Bonchev–Trinajstić information content (AvgIpc) is 2.66. The molecule has 0 fully saturated rings. The molecular formula is C12H10Br2N2O2S. The molecule has 0 saturated carbocycles. The molecule has 1 aromatic heterocycles. The van der Waals surface area contributed by atoms with Gasteiger partial charge in [-0.1, -0.05) is 0 Å². The minimum absolute atomic E-state index is 0.0697. The highest BCUT2D eigenvalue weighted by Crippen LogP contribution is 2.29. The van der Waals surface area contributed by atoms with Gasteiger partial charge in [0, 0.05) is 32.5 Å². The molecule has 0 radical (unpaired) electrons. The van der Waals surface area contributed by atoms with Crippen LogP contribution in [-0.4, -0.2) is 4.92 Å². The molecule has 1 heterocycles. The van der Waals surface area contributed by atoms with Crippen molar-refractivity contribution in [1.82, 2.24) is 0 Å². The lowest BCUT2D eigenvalue weighted by molar-refractivity contribution is -0.385. The Bertz CT molecular complexity index is 609. The molecule has 0 atom stereocenters. The fourth-order valence-corrected chi connectivity index (χ4v) is 3.62. The summed E-state index contributed by atoms with van der Waals surface area (Å²) in [7, 11) is 0. The zero-order valence-corrected chi connectivity index (χ0v) is 13.9. The Hall–Kier alpha value is -0.920. The minimum Gasteiger partial charge on any atom is -0.380 e. The highest BCUT2D eigenvalue weighted by atomic mass is 79.9. The summed E-state index contributed by atoms with van der Waals surface area (Å²) in [5.74, 6) is 0. The summed E-state index contributed by atoms with van der Waals surface area (Å²) in [5, 5.41) is 13.9. The van der Waals surface area contributed by atoms with Crippen LogP contribution in [0.15, 0.2) is 33.2 Å². The van der Waals surface area contributed by atoms with Crippen LogP contribution in [0.5, 0.6) is 0 Å². The molecule has 2 aromatic rings.